The highest BCUT2D eigenvalue weighted by atomic mass is 16.3. The standard InChI is InChI=1S/C20H26N2O2/c23-19-12-20(24)18(22-14-16-9-5-2-6-10-16)11-17(19)21-13-15-7-3-1-4-8-15/h1-10,17-24H,11-14H2/t17-,18-,19-,20-/m1/s1. The predicted molar refractivity (Wildman–Crippen MR) is 95.4 cm³/mol. The number of hydrogen-bond acceptors (Lipinski definition) is 4. The van der Waals surface area contributed by atoms with Crippen LogP contribution in [0.4, 0.5) is 0 Å². The van der Waals surface area contributed by atoms with Crippen LogP contribution in [0.15, 0.2) is 60.7 Å². The van der Waals surface area contributed by atoms with Gasteiger partial charge in [-0.15, -0.1) is 0 Å². The molecule has 1 saturated carbocycles. The van der Waals surface area contributed by atoms with Crippen LogP contribution in [-0.2, 0) is 13.1 Å². The van der Waals surface area contributed by atoms with E-state index in [1.165, 1.54) is 11.1 Å². The molecule has 24 heavy (non-hydrogen) atoms. The van der Waals surface area contributed by atoms with Crippen molar-refractivity contribution in [3.8, 4) is 0 Å². The second-order valence-corrected chi connectivity index (χ2v) is 6.55. The Morgan fingerprint density at radius 1 is 0.667 bits per heavy atom. The van der Waals surface area contributed by atoms with Crippen LogP contribution < -0.4 is 10.6 Å². The van der Waals surface area contributed by atoms with E-state index in [-0.39, 0.29) is 12.1 Å². The SMILES string of the molecule is O[C@@H]1C[C@@H](O)[C@H](NCc2ccccc2)C[C@H]1NCc1ccccc1. The van der Waals surface area contributed by atoms with Gasteiger partial charge in [-0.1, -0.05) is 60.7 Å². The molecule has 0 radical (unpaired) electrons. The summed E-state index contributed by atoms with van der Waals surface area (Å²) >= 11 is 0. The smallest absolute Gasteiger partial charge is 0.0719 e. The fraction of sp³-hybridized carbons (Fsp3) is 0.400. The molecule has 0 aliphatic heterocycles. The van der Waals surface area contributed by atoms with Crippen molar-refractivity contribution in [3.05, 3.63) is 71.8 Å². The third-order valence-corrected chi connectivity index (χ3v) is 4.74. The minimum absolute atomic E-state index is 0.0121. The van der Waals surface area contributed by atoms with Crippen LogP contribution in [0.25, 0.3) is 0 Å². The number of nitrogens with one attached hydrogen (secondary N) is 2. The van der Waals surface area contributed by atoms with Gasteiger partial charge in [0.1, 0.15) is 0 Å². The average Bonchev–Trinajstić information content (AvgIpc) is 2.62. The average molecular weight is 326 g/mol. The predicted octanol–water partition coefficient (Wildman–Crippen LogP) is 1.82. The maximum Gasteiger partial charge on any atom is 0.0719 e. The van der Waals surface area contributed by atoms with Gasteiger partial charge < -0.3 is 20.8 Å². The summed E-state index contributed by atoms with van der Waals surface area (Å²) in [5, 5.41) is 27.4. The zero-order chi connectivity index (χ0) is 16.8. The van der Waals surface area contributed by atoms with Crippen LogP contribution in [0.3, 0.4) is 0 Å². The molecule has 4 nitrogen and oxygen atoms in total. The molecule has 4 atom stereocenters. The quantitative estimate of drug-likeness (QED) is 0.654. The van der Waals surface area contributed by atoms with Crippen molar-refractivity contribution in [3.63, 3.8) is 0 Å². The van der Waals surface area contributed by atoms with Gasteiger partial charge in [0.05, 0.1) is 12.2 Å². The van der Waals surface area contributed by atoms with Crippen molar-refractivity contribution in [1.82, 2.24) is 10.6 Å². The molecule has 0 unspecified atom stereocenters. The van der Waals surface area contributed by atoms with Gasteiger partial charge in [-0.2, -0.15) is 0 Å². The third-order valence-electron chi connectivity index (χ3n) is 4.74. The first-order chi connectivity index (χ1) is 11.7. The zero-order valence-corrected chi connectivity index (χ0v) is 13.8. The molecule has 1 fully saturated rings. The second-order valence-electron chi connectivity index (χ2n) is 6.55. The number of benzene rings is 2. The summed E-state index contributed by atoms with van der Waals surface area (Å²) in [4.78, 5) is 0. The van der Waals surface area contributed by atoms with Crippen molar-refractivity contribution in [2.45, 2.75) is 50.2 Å². The molecule has 0 bridgehead atoms. The summed E-state index contributed by atoms with van der Waals surface area (Å²) in [6.45, 7) is 1.45. The van der Waals surface area contributed by atoms with Crippen LogP contribution in [0.1, 0.15) is 24.0 Å². The van der Waals surface area contributed by atoms with E-state index in [1.807, 2.05) is 36.4 Å². The Labute approximate surface area is 143 Å². The molecule has 0 saturated heterocycles. The Bertz CT molecular complexity index is 552. The van der Waals surface area contributed by atoms with Crippen molar-refractivity contribution in [1.29, 1.82) is 0 Å². The topological polar surface area (TPSA) is 64.5 Å². The molecule has 4 N–H and O–H groups in total. The van der Waals surface area contributed by atoms with Crippen LogP contribution >= 0.6 is 0 Å². The van der Waals surface area contributed by atoms with Gasteiger partial charge in [0.25, 0.3) is 0 Å². The Balaban J connectivity index is 1.53. The first-order valence-corrected chi connectivity index (χ1v) is 8.63. The molecule has 1 aliphatic rings. The summed E-state index contributed by atoms with van der Waals surface area (Å²) in [5.74, 6) is 0. The van der Waals surface area contributed by atoms with Crippen LogP contribution in [0, 0.1) is 0 Å². The fourth-order valence-corrected chi connectivity index (χ4v) is 3.29. The lowest BCUT2D eigenvalue weighted by Crippen LogP contribution is -2.55. The molecule has 3 rings (SSSR count). The van der Waals surface area contributed by atoms with E-state index in [9.17, 15) is 10.2 Å². The van der Waals surface area contributed by atoms with Gasteiger partial charge in [0, 0.05) is 31.6 Å². The first-order valence-electron chi connectivity index (χ1n) is 8.63. The van der Waals surface area contributed by atoms with E-state index in [1.54, 1.807) is 0 Å². The summed E-state index contributed by atoms with van der Waals surface area (Å²) in [6.07, 6.45) is 0.0814. The Morgan fingerprint density at radius 3 is 1.50 bits per heavy atom. The zero-order valence-electron chi connectivity index (χ0n) is 13.8. The molecule has 2 aromatic carbocycles. The maximum absolute atomic E-state index is 10.3. The third kappa shape index (κ3) is 4.65. The highest BCUT2D eigenvalue weighted by Crippen LogP contribution is 2.21. The van der Waals surface area contributed by atoms with E-state index >= 15 is 0 Å². The number of aliphatic hydroxyl groups excluding tert-OH is 2. The van der Waals surface area contributed by atoms with Gasteiger partial charge in [-0.05, 0) is 17.5 Å². The van der Waals surface area contributed by atoms with E-state index in [0.717, 1.165) is 13.1 Å². The van der Waals surface area contributed by atoms with Crippen molar-refractivity contribution in [2.24, 2.45) is 0 Å². The minimum atomic E-state index is -0.515. The summed E-state index contributed by atoms with van der Waals surface area (Å²) < 4.78 is 0. The Kier molecular flexibility index (Phi) is 5.99. The largest absolute Gasteiger partial charge is 0.391 e. The van der Waals surface area contributed by atoms with Crippen LogP contribution in [-0.4, -0.2) is 34.5 Å². The molecule has 128 valence electrons. The lowest BCUT2D eigenvalue weighted by Gasteiger charge is -2.38. The molecule has 2 aromatic rings. The molecular formula is C20H26N2O2. The van der Waals surface area contributed by atoms with Crippen molar-refractivity contribution in [2.75, 3.05) is 0 Å². The first kappa shape index (κ1) is 17.1. The molecule has 0 spiro atoms. The summed E-state index contributed by atoms with van der Waals surface area (Å²) in [6, 6.07) is 20.3. The van der Waals surface area contributed by atoms with E-state index in [4.69, 9.17) is 0 Å². The van der Waals surface area contributed by atoms with E-state index in [0.29, 0.717) is 12.8 Å². The lowest BCUT2D eigenvalue weighted by molar-refractivity contribution is -0.00520. The lowest BCUT2D eigenvalue weighted by atomic mass is 9.86. The molecule has 0 aromatic heterocycles. The minimum Gasteiger partial charge on any atom is -0.391 e. The Morgan fingerprint density at radius 2 is 1.08 bits per heavy atom. The van der Waals surface area contributed by atoms with E-state index in [2.05, 4.69) is 34.9 Å². The maximum atomic E-state index is 10.3. The Hall–Kier alpha value is -1.72. The molecule has 0 heterocycles. The van der Waals surface area contributed by atoms with Gasteiger partial charge >= 0.3 is 0 Å². The molecule has 0 amide bonds. The molecule has 4 heteroatoms. The number of rotatable bonds is 6. The second kappa shape index (κ2) is 8.40. The monoisotopic (exact) mass is 326 g/mol. The van der Waals surface area contributed by atoms with Gasteiger partial charge in [-0.25, -0.2) is 0 Å². The van der Waals surface area contributed by atoms with Crippen molar-refractivity contribution < 1.29 is 10.2 Å². The van der Waals surface area contributed by atoms with Crippen molar-refractivity contribution >= 4 is 0 Å². The highest BCUT2D eigenvalue weighted by Gasteiger charge is 2.34. The summed E-state index contributed by atoms with van der Waals surface area (Å²) in [5.41, 5.74) is 2.40. The van der Waals surface area contributed by atoms with Gasteiger partial charge in [0.2, 0.25) is 0 Å². The highest BCUT2D eigenvalue weighted by molar-refractivity contribution is 5.15. The number of hydrogen-bond donors (Lipinski definition) is 4. The van der Waals surface area contributed by atoms with Crippen LogP contribution in [0.2, 0.25) is 0 Å². The molecule has 1 aliphatic carbocycles. The van der Waals surface area contributed by atoms with E-state index < -0.39 is 12.2 Å². The van der Waals surface area contributed by atoms with Crippen LogP contribution in [0.5, 0.6) is 0 Å². The van der Waals surface area contributed by atoms with Gasteiger partial charge in [-0.3, -0.25) is 0 Å². The summed E-state index contributed by atoms with van der Waals surface area (Å²) in [7, 11) is 0. The fourth-order valence-electron chi connectivity index (χ4n) is 3.29. The number of aliphatic hydroxyl groups is 2. The van der Waals surface area contributed by atoms with Gasteiger partial charge in [0.15, 0.2) is 0 Å². The normalized spacial score (nSPS) is 27.1. The molecular weight excluding hydrogens is 300 g/mol.